The van der Waals surface area contributed by atoms with E-state index in [2.05, 4.69) is 15.5 Å². The third-order valence-corrected chi connectivity index (χ3v) is 4.01. The van der Waals surface area contributed by atoms with Gasteiger partial charge in [-0.15, -0.1) is 0 Å². The van der Waals surface area contributed by atoms with Gasteiger partial charge in [-0.05, 0) is 29.8 Å². The highest BCUT2D eigenvalue weighted by Crippen LogP contribution is 2.24. The fourth-order valence-electron chi connectivity index (χ4n) is 2.63. The van der Waals surface area contributed by atoms with Crippen LogP contribution in [0.4, 0.5) is 4.39 Å². The minimum absolute atomic E-state index is 0.300. The van der Waals surface area contributed by atoms with E-state index in [0.29, 0.717) is 24.3 Å². The number of aliphatic hydroxyl groups excluding tert-OH is 1. The molecule has 6 heteroatoms. The van der Waals surface area contributed by atoms with Gasteiger partial charge in [0, 0.05) is 24.2 Å². The van der Waals surface area contributed by atoms with Crippen molar-refractivity contribution in [3.8, 4) is 17.0 Å². The number of aliphatic hydroxyl groups is 1. The largest absolute Gasteiger partial charge is 0.497 e. The van der Waals surface area contributed by atoms with Crippen LogP contribution in [-0.2, 0) is 6.54 Å². The highest BCUT2D eigenvalue weighted by Gasteiger charge is 2.12. The summed E-state index contributed by atoms with van der Waals surface area (Å²) in [6, 6.07) is 13.8. The first-order chi connectivity index (χ1) is 12.2. The van der Waals surface area contributed by atoms with Crippen LogP contribution in [0.25, 0.3) is 11.3 Å². The fourth-order valence-corrected chi connectivity index (χ4v) is 2.63. The molecule has 5 nitrogen and oxygen atoms in total. The van der Waals surface area contributed by atoms with E-state index in [9.17, 15) is 9.50 Å². The maximum absolute atomic E-state index is 13.9. The normalized spacial score (nSPS) is 12.1. The summed E-state index contributed by atoms with van der Waals surface area (Å²) >= 11 is 0. The minimum Gasteiger partial charge on any atom is -0.497 e. The molecule has 1 atom stereocenters. The number of ether oxygens (including phenoxy) is 1. The van der Waals surface area contributed by atoms with Crippen molar-refractivity contribution in [2.45, 2.75) is 12.6 Å². The van der Waals surface area contributed by atoms with Gasteiger partial charge in [0.25, 0.3) is 0 Å². The molecule has 0 amide bonds. The van der Waals surface area contributed by atoms with Crippen LogP contribution in [0.1, 0.15) is 17.2 Å². The lowest BCUT2D eigenvalue weighted by Gasteiger charge is -2.13. The van der Waals surface area contributed by atoms with Crippen LogP contribution in [0, 0.1) is 5.82 Å². The summed E-state index contributed by atoms with van der Waals surface area (Å²) in [5.74, 6) is 0.447. The number of nitrogens with one attached hydrogen (secondary N) is 2. The van der Waals surface area contributed by atoms with E-state index in [-0.39, 0.29) is 5.82 Å². The standard InChI is InChI=1S/C19H20FN3O2/c1-25-15-8-6-13(7-9-15)18(24)12-21-10-14-11-22-23-19(14)16-4-2-3-5-17(16)20/h2-9,11,18,21,24H,10,12H2,1H3,(H,22,23). The monoisotopic (exact) mass is 341 g/mol. The molecular weight excluding hydrogens is 321 g/mol. The molecule has 3 N–H and O–H groups in total. The average Bonchev–Trinajstić information content (AvgIpc) is 3.10. The average molecular weight is 341 g/mol. The van der Waals surface area contributed by atoms with Crippen molar-refractivity contribution in [3.05, 3.63) is 71.7 Å². The Morgan fingerprint density at radius 3 is 2.68 bits per heavy atom. The van der Waals surface area contributed by atoms with Crippen LogP contribution in [0.2, 0.25) is 0 Å². The van der Waals surface area contributed by atoms with E-state index in [4.69, 9.17) is 4.74 Å². The zero-order chi connectivity index (χ0) is 17.6. The third-order valence-electron chi connectivity index (χ3n) is 4.01. The number of aromatic amines is 1. The molecule has 3 aromatic rings. The van der Waals surface area contributed by atoms with Crippen LogP contribution in [-0.4, -0.2) is 29.0 Å². The molecule has 1 heterocycles. The molecule has 25 heavy (non-hydrogen) atoms. The number of aromatic nitrogens is 2. The van der Waals surface area contributed by atoms with Crippen molar-refractivity contribution in [2.75, 3.05) is 13.7 Å². The van der Waals surface area contributed by atoms with Gasteiger partial charge in [0.05, 0.1) is 25.1 Å². The highest BCUT2D eigenvalue weighted by atomic mass is 19.1. The molecule has 0 aliphatic heterocycles. The molecule has 130 valence electrons. The van der Waals surface area contributed by atoms with E-state index in [0.717, 1.165) is 16.9 Å². The van der Waals surface area contributed by atoms with Crippen molar-refractivity contribution < 1.29 is 14.2 Å². The Hall–Kier alpha value is -2.70. The molecule has 0 spiro atoms. The SMILES string of the molecule is COc1ccc(C(O)CNCc2cn[nH]c2-c2ccccc2F)cc1. The number of rotatable bonds is 7. The quantitative estimate of drug-likeness (QED) is 0.618. The Labute approximate surface area is 145 Å². The van der Waals surface area contributed by atoms with Crippen molar-refractivity contribution >= 4 is 0 Å². The van der Waals surface area contributed by atoms with Gasteiger partial charge >= 0.3 is 0 Å². The Kier molecular flexibility index (Phi) is 5.42. The number of nitrogens with zero attached hydrogens (tertiary/aromatic N) is 1. The van der Waals surface area contributed by atoms with Crippen LogP contribution >= 0.6 is 0 Å². The lowest BCUT2D eigenvalue weighted by atomic mass is 10.1. The van der Waals surface area contributed by atoms with E-state index in [1.165, 1.54) is 6.07 Å². The summed E-state index contributed by atoms with van der Waals surface area (Å²) < 4.78 is 19.1. The van der Waals surface area contributed by atoms with E-state index < -0.39 is 6.10 Å². The van der Waals surface area contributed by atoms with E-state index in [1.807, 2.05) is 24.3 Å². The number of H-pyrrole nitrogens is 1. The second-order valence-electron chi connectivity index (χ2n) is 5.67. The third kappa shape index (κ3) is 4.04. The molecule has 0 saturated heterocycles. The topological polar surface area (TPSA) is 70.2 Å². The maximum Gasteiger partial charge on any atom is 0.132 e. The summed E-state index contributed by atoms with van der Waals surface area (Å²) in [5, 5.41) is 20.3. The zero-order valence-electron chi connectivity index (χ0n) is 13.9. The van der Waals surface area contributed by atoms with Gasteiger partial charge in [0.15, 0.2) is 0 Å². The second kappa shape index (κ2) is 7.92. The molecule has 0 aliphatic rings. The smallest absolute Gasteiger partial charge is 0.132 e. The Morgan fingerprint density at radius 2 is 1.96 bits per heavy atom. The molecule has 2 aromatic carbocycles. The molecule has 0 aliphatic carbocycles. The van der Waals surface area contributed by atoms with E-state index >= 15 is 0 Å². The van der Waals surface area contributed by atoms with Crippen LogP contribution in [0.3, 0.4) is 0 Å². The number of benzene rings is 2. The Morgan fingerprint density at radius 1 is 1.20 bits per heavy atom. The first-order valence-corrected chi connectivity index (χ1v) is 7.99. The van der Waals surface area contributed by atoms with Crippen molar-refractivity contribution in [1.29, 1.82) is 0 Å². The fraction of sp³-hybridized carbons (Fsp3) is 0.211. The molecule has 0 radical (unpaired) electrons. The second-order valence-corrected chi connectivity index (χ2v) is 5.67. The summed E-state index contributed by atoms with van der Waals surface area (Å²) in [5.41, 5.74) is 2.76. The van der Waals surface area contributed by atoms with Gasteiger partial charge in [-0.2, -0.15) is 5.10 Å². The highest BCUT2D eigenvalue weighted by molar-refractivity contribution is 5.63. The molecule has 0 saturated carbocycles. The van der Waals surface area contributed by atoms with Gasteiger partial charge in [-0.25, -0.2) is 4.39 Å². The molecule has 3 rings (SSSR count). The predicted octanol–water partition coefficient (Wildman–Crippen LogP) is 3.05. The van der Waals surface area contributed by atoms with Gasteiger partial charge < -0.3 is 15.2 Å². The number of halogens is 1. The van der Waals surface area contributed by atoms with Crippen LogP contribution in [0.15, 0.2) is 54.7 Å². The molecule has 1 aromatic heterocycles. The molecule has 1 unspecified atom stereocenters. The Balaban J connectivity index is 1.61. The Bertz CT molecular complexity index is 818. The van der Waals surface area contributed by atoms with Crippen LogP contribution in [0.5, 0.6) is 5.75 Å². The van der Waals surface area contributed by atoms with Crippen molar-refractivity contribution in [1.82, 2.24) is 15.5 Å². The van der Waals surface area contributed by atoms with Gasteiger partial charge in [-0.3, -0.25) is 5.10 Å². The summed E-state index contributed by atoms with van der Waals surface area (Å²) in [6.45, 7) is 0.835. The van der Waals surface area contributed by atoms with Crippen molar-refractivity contribution in [2.24, 2.45) is 0 Å². The lowest BCUT2D eigenvalue weighted by molar-refractivity contribution is 0.174. The number of hydrogen-bond acceptors (Lipinski definition) is 4. The summed E-state index contributed by atoms with van der Waals surface area (Å²) in [4.78, 5) is 0. The maximum atomic E-state index is 13.9. The number of hydrogen-bond donors (Lipinski definition) is 3. The van der Waals surface area contributed by atoms with Gasteiger partial charge in [0.1, 0.15) is 11.6 Å². The lowest BCUT2D eigenvalue weighted by Crippen LogP contribution is -2.21. The molecular formula is C19H20FN3O2. The summed E-state index contributed by atoms with van der Waals surface area (Å²) in [7, 11) is 1.60. The first-order valence-electron chi connectivity index (χ1n) is 7.99. The number of methoxy groups -OCH3 is 1. The van der Waals surface area contributed by atoms with Crippen LogP contribution < -0.4 is 10.1 Å². The first kappa shape index (κ1) is 17.1. The predicted molar refractivity (Wildman–Crippen MR) is 93.6 cm³/mol. The molecule has 0 fully saturated rings. The summed E-state index contributed by atoms with van der Waals surface area (Å²) in [6.07, 6.45) is 1.02. The zero-order valence-corrected chi connectivity index (χ0v) is 13.9. The van der Waals surface area contributed by atoms with Crippen molar-refractivity contribution in [3.63, 3.8) is 0 Å². The van der Waals surface area contributed by atoms with E-state index in [1.54, 1.807) is 31.5 Å². The van der Waals surface area contributed by atoms with Gasteiger partial charge in [-0.1, -0.05) is 24.3 Å². The van der Waals surface area contributed by atoms with Gasteiger partial charge in [0.2, 0.25) is 0 Å². The minimum atomic E-state index is -0.644. The molecule has 0 bridgehead atoms.